The Hall–Kier alpha value is -3.03. The summed E-state index contributed by atoms with van der Waals surface area (Å²) in [6.07, 6.45) is 4.25. The van der Waals surface area contributed by atoms with Crippen molar-refractivity contribution in [1.29, 1.82) is 0 Å². The maximum absolute atomic E-state index is 12.8. The van der Waals surface area contributed by atoms with Crippen LogP contribution in [0, 0.1) is 19.8 Å². The summed E-state index contributed by atoms with van der Waals surface area (Å²) in [6.45, 7) is 5.92. The van der Waals surface area contributed by atoms with Crippen LogP contribution in [0.15, 0.2) is 30.5 Å². The van der Waals surface area contributed by atoms with E-state index in [1.165, 1.54) is 12.8 Å². The molecule has 2 aromatic heterocycles. The highest BCUT2D eigenvalue weighted by Gasteiger charge is 2.31. The number of carbonyl (C=O) groups is 1. The monoisotopic (exact) mass is 351 g/mol. The van der Waals surface area contributed by atoms with Crippen LogP contribution in [0.25, 0.3) is 5.69 Å². The second-order valence-corrected chi connectivity index (χ2v) is 6.84. The molecule has 1 amide bonds. The van der Waals surface area contributed by atoms with Gasteiger partial charge in [0.05, 0.1) is 17.9 Å². The van der Waals surface area contributed by atoms with Crippen LogP contribution in [0.3, 0.4) is 0 Å². The number of hydrogen-bond donors (Lipinski definition) is 1. The zero-order chi connectivity index (χ0) is 18.3. The van der Waals surface area contributed by atoms with Crippen LogP contribution in [0.2, 0.25) is 0 Å². The van der Waals surface area contributed by atoms with Gasteiger partial charge in [0.1, 0.15) is 5.82 Å². The number of nitrogens with one attached hydrogen (secondary N) is 1. The Balaban J connectivity index is 1.60. The highest BCUT2D eigenvalue weighted by Crippen LogP contribution is 2.40. The summed E-state index contributed by atoms with van der Waals surface area (Å²) in [5, 5.41) is 19.0. The van der Waals surface area contributed by atoms with Gasteiger partial charge in [0.15, 0.2) is 5.82 Å². The summed E-state index contributed by atoms with van der Waals surface area (Å²) in [5.74, 6) is 1.90. The normalized spacial score (nSPS) is 15.0. The molecule has 3 aromatic rings. The molecule has 4 rings (SSSR count). The Morgan fingerprint density at radius 3 is 2.81 bits per heavy atom. The number of amides is 1. The molecular weight excluding hydrogens is 330 g/mol. The summed E-state index contributed by atoms with van der Waals surface area (Å²) in [6, 6.07) is 7.53. The summed E-state index contributed by atoms with van der Waals surface area (Å²) in [4.78, 5) is 12.8. The predicted molar refractivity (Wildman–Crippen MR) is 96.2 cm³/mol. The summed E-state index contributed by atoms with van der Waals surface area (Å²) in [7, 11) is 0. The van der Waals surface area contributed by atoms with Gasteiger partial charge in [-0.05, 0) is 68.2 Å². The third-order valence-corrected chi connectivity index (χ3v) is 4.88. The molecule has 1 N–H and O–H groups in total. The van der Waals surface area contributed by atoms with E-state index in [0.717, 1.165) is 17.1 Å². The van der Waals surface area contributed by atoms with E-state index in [0.29, 0.717) is 17.3 Å². The largest absolute Gasteiger partial charge is 0.307 e. The Bertz CT molecular complexity index is 954. The van der Waals surface area contributed by atoms with Crippen LogP contribution in [-0.4, -0.2) is 35.9 Å². The molecule has 1 aliphatic carbocycles. The molecule has 0 spiro atoms. The van der Waals surface area contributed by atoms with Crippen LogP contribution in [-0.2, 0) is 0 Å². The second-order valence-electron chi connectivity index (χ2n) is 6.84. The average Bonchev–Trinajstić information content (AvgIpc) is 3.32. The van der Waals surface area contributed by atoms with Gasteiger partial charge in [-0.15, -0.1) is 5.10 Å². The quantitative estimate of drug-likeness (QED) is 0.763. The molecule has 1 aromatic carbocycles. The van der Waals surface area contributed by atoms with E-state index in [2.05, 4.69) is 32.9 Å². The zero-order valence-corrected chi connectivity index (χ0v) is 15.0. The topological polar surface area (TPSA) is 90.5 Å². The lowest BCUT2D eigenvalue weighted by atomic mass is 10.2. The molecule has 2 heterocycles. The first kappa shape index (κ1) is 16.4. The van der Waals surface area contributed by atoms with E-state index < -0.39 is 0 Å². The van der Waals surface area contributed by atoms with Crippen LogP contribution in [0.5, 0.6) is 0 Å². The number of benzene rings is 1. The van der Waals surface area contributed by atoms with Crippen molar-refractivity contribution >= 4 is 11.7 Å². The Labute approximate surface area is 151 Å². The molecular formula is C18H21N7O. The molecule has 1 unspecified atom stereocenters. The molecule has 0 bridgehead atoms. The molecule has 1 aliphatic rings. The Morgan fingerprint density at radius 1 is 1.31 bits per heavy atom. The molecule has 26 heavy (non-hydrogen) atoms. The van der Waals surface area contributed by atoms with Gasteiger partial charge in [0.2, 0.25) is 0 Å². The van der Waals surface area contributed by atoms with Crippen LogP contribution in [0.4, 0.5) is 5.82 Å². The minimum atomic E-state index is -0.176. The van der Waals surface area contributed by atoms with Crippen LogP contribution >= 0.6 is 0 Å². The van der Waals surface area contributed by atoms with Gasteiger partial charge in [-0.1, -0.05) is 6.07 Å². The molecule has 134 valence electrons. The van der Waals surface area contributed by atoms with Crippen molar-refractivity contribution in [3.8, 4) is 5.69 Å². The zero-order valence-electron chi connectivity index (χ0n) is 15.0. The van der Waals surface area contributed by atoms with Crippen molar-refractivity contribution in [2.45, 2.75) is 39.7 Å². The maximum Gasteiger partial charge on any atom is 0.256 e. The number of aryl methyl sites for hydroxylation is 2. The fourth-order valence-electron chi connectivity index (χ4n) is 3.12. The smallest absolute Gasteiger partial charge is 0.256 e. The number of nitrogens with zero attached hydrogens (tertiary/aromatic N) is 6. The fraction of sp³-hybridized carbons (Fsp3) is 0.389. The van der Waals surface area contributed by atoms with E-state index in [1.807, 2.05) is 30.7 Å². The van der Waals surface area contributed by atoms with Crippen molar-refractivity contribution in [2.75, 3.05) is 5.32 Å². The van der Waals surface area contributed by atoms with Gasteiger partial charge in [-0.25, -0.2) is 4.68 Å². The number of anilines is 1. The average molecular weight is 351 g/mol. The van der Waals surface area contributed by atoms with E-state index >= 15 is 0 Å². The summed E-state index contributed by atoms with van der Waals surface area (Å²) in [5.41, 5.74) is 2.25. The third-order valence-electron chi connectivity index (χ3n) is 4.88. The number of carbonyl (C=O) groups excluding carboxylic acids is 1. The first-order chi connectivity index (χ1) is 12.5. The van der Waals surface area contributed by atoms with Gasteiger partial charge < -0.3 is 5.32 Å². The highest BCUT2D eigenvalue weighted by molar-refractivity contribution is 6.04. The molecule has 1 atom stereocenters. The minimum absolute atomic E-state index is 0.176. The Morgan fingerprint density at radius 2 is 2.12 bits per heavy atom. The second kappa shape index (κ2) is 6.36. The Kier molecular flexibility index (Phi) is 4.02. The van der Waals surface area contributed by atoms with E-state index in [9.17, 15) is 4.79 Å². The van der Waals surface area contributed by atoms with E-state index in [1.54, 1.807) is 23.0 Å². The number of rotatable bonds is 5. The first-order valence-electron chi connectivity index (χ1n) is 8.75. The van der Waals surface area contributed by atoms with Crippen molar-refractivity contribution in [3.05, 3.63) is 47.4 Å². The van der Waals surface area contributed by atoms with Crippen molar-refractivity contribution in [2.24, 2.45) is 5.92 Å². The van der Waals surface area contributed by atoms with Gasteiger partial charge in [-0.2, -0.15) is 9.78 Å². The first-order valence-corrected chi connectivity index (χ1v) is 8.75. The van der Waals surface area contributed by atoms with Crippen LogP contribution in [0.1, 0.15) is 47.6 Å². The summed E-state index contributed by atoms with van der Waals surface area (Å²) >= 11 is 0. The fourth-order valence-corrected chi connectivity index (χ4v) is 3.12. The lowest BCUT2D eigenvalue weighted by molar-refractivity contribution is 0.102. The number of tetrazole rings is 1. The minimum Gasteiger partial charge on any atom is -0.307 e. The lowest BCUT2D eigenvalue weighted by Crippen LogP contribution is -2.19. The highest BCUT2D eigenvalue weighted by atomic mass is 16.1. The van der Waals surface area contributed by atoms with E-state index in [4.69, 9.17) is 0 Å². The van der Waals surface area contributed by atoms with Crippen molar-refractivity contribution in [1.82, 2.24) is 30.0 Å². The third kappa shape index (κ3) is 2.98. The van der Waals surface area contributed by atoms with Gasteiger partial charge in [0, 0.05) is 11.1 Å². The SMILES string of the molecule is Cc1cnn(C(C)C2CC2)c1NC(=O)c1cccc(-n2nnnc2C)c1. The number of hydrogen-bond acceptors (Lipinski definition) is 5. The molecule has 0 saturated heterocycles. The van der Waals surface area contributed by atoms with Crippen molar-refractivity contribution < 1.29 is 4.79 Å². The molecule has 8 heteroatoms. The standard InChI is InChI=1S/C18H21N7O/c1-11-10-19-24(12(2)14-7-8-14)17(11)20-18(26)15-5-4-6-16(9-15)25-13(3)21-22-23-25/h4-6,9-10,12,14H,7-8H2,1-3H3,(H,20,26). The van der Waals surface area contributed by atoms with Gasteiger partial charge >= 0.3 is 0 Å². The molecule has 0 radical (unpaired) electrons. The molecule has 1 fully saturated rings. The van der Waals surface area contributed by atoms with Gasteiger partial charge in [-0.3, -0.25) is 4.79 Å². The molecule has 8 nitrogen and oxygen atoms in total. The van der Waals surface area contributed by atoms with E-state index in [-0.39, 0.29) is 11.9 Å². The number of aromatic nitrogens is 6. The molecule has 0 aliphatic heterocycles. The van der Waals surface area contributed by atoms with Crippen molar-refractivity contribution in [3.63, 3.8) is 0 Å². The lowest BCUT2D eigenvalue weighted by Gasteiger charge is -2.16. The van der Waals surface area contributed by atoms with Gasteiger partial charge in [0.25, 0.3) is 5.91 Å². The summed E-state index contributed by atoms with van der Waals surface area (Å²) < 4.78 is 3.53. The van der Waals surface area contributed by atoms with Crippen LogP contribution < -0.4 is 5.32 Å². The molecule has 1 saturated carbocycles. The maximum atomic E-state index is 12.8. The predicted octanol–water partition coefficient (Wildman–Crippen LogP) is 2.70.